The standard InChI is InChI=1S/C18H19N3O4/c1-25-14-5-2-4-13(10-14)11-21-9-8-20(12-17(21)22)16-7-3-6-15(19-16)18(23)24/h2-7,10H,8-9,11-12H2,1H3,(H,23,24). The van der Waals surface area contributed by atoms with E-state index in [1.54, 1.807) is 29.0 Å². The molecule has 3 rings (SSSR count). The predicted molar refractivity (Wildman–Crippen MR) is 91.8 cm³/mol. The number of methoxy groups -OCH3 is 1. The Kier molecular flexibility index (Phi) is 4.83. The van der Waals surface area contributed by atoms with Crippen LogP contribution in [0.15, 0.2) is 42.5 Å². The zero-order chi connectivity index (χ0) is 17.8. The van der Waals surface area contributed by atoms with Crippen LogP contribution in [-0.2, 0) is 11.3 Å². The first-order chi connectivity index (χ1) is 12.1. The van der Waals surface area contributed by atoms with Gasteiger partial charge in [-0.15, -0.1) is 0 Å². The summed E-state index contributed by atoms with van der Waals surface area (Å²) in [5.41, 5.74) is 0.982. The number of carboxylic acid groups (broad SMARTS) is 1. The molecule has 25 heavy (non-hydrogen) atoms. The van der Waals surface area contributed by atoms with Crippen LogP contribution in [0.25, 0.3) is 0 Å². The van der Waals surface area contributed by atoms with Crippen molar-refractivity contribution in [1.82, 2.24) is 9.88 Å². The van der Waals surface area contributed by atoms with E-state index in [0.717, 1.165) is 11.3 Å². The molecule has 2 aromatic rings. The predicted octanol–water partition coefficient (Wildman–Crippen LogP) is 1.64. The topological polar surface area (TPSA) is 83.0 Å². The maximum absolute atomic E-state index is 12.5. The summed E-state index contributed by atoms with van der Waals surface area (Å²) in [5.74, 6) is 0.175. The minimum atomic E-state index is -1.08. The average molecular weight is 341 g/mol. The molecule has 7 nitrogen and oxygen atoms in total. The Balaban J connectivity index is 1.67. The number of carbonyl (C=O) groups is 2. The molecular weight excluding hydrogens is 322 g/mol. The molecular formula is C18H19N3O4. The van der Waals surface area contributed by atoms with Gasteiger partial charge < -0.3 is 19.6 Å². The van der Waals surface area contributed by atoms with Crippen molar-refractivity contribution in [2.45, 2.75) is 6.54 Å². The lowest BCUT2D eigenvalue weighted by Crippen LogP contribution is -2.50. The van der Waals surface area contributed by atoms with E-state index in [9.17, 15) is 9.59 Å². The first-order valence-corrected chi connectivity index (χ1v) is 7.93. The van der Waals surface area contributed by atoms with Crippen LogP contribution in [-0.4, -0.2) is 53.6 Å². The molecule has 7 heteroatoms. The first-order valence-electron chi connectivity index (χ1n) is 7.93. The van der Waals surface area contributed by atoms with Crippen LogP contribution < -0.4 is 9.64 Å². The largest absolute Gasteiger partial charge is 0.497 e. The number of piperazine rings is 1. The van der Waals surface area contributed by atoms with Crippen molar-refractivity contribution < 1.29 is 19.4 Å². The molecule has 2 heterocycles. The third kappa shape index (κ3) is 3.88. The summed E-state index contributed by atoms with van der Waals surface area (Å²) in [5, 5.41) is 9.04. The van der Waals surface area contributed by atoms with Gasteiger partial charge in [0, 0.05) is 19.6 Å². The van der Waals surface area contributed by atoms with Gasteiger partial charge in [-0.3, -0.25) is 4.79 Å². The summed E-state index contributed by atoms with van der Waals surface area (Å²) < 4.78 is 5.21. The Hall–Kier alpha value is -3.09. The van der Waals surface area contributed by atoms with Gasteiger partial charge in [0.25, 0.3) is 0 Å². The van der Waals surface area contributed by atoms with Gasteiger partial charge in [-0.25, -0.2) is 9.78 Å². The Labute approximate surface area is 145 Å². The number of carboxylic acids is 1. The molecule has 1 amide bonds. The third-order valence-electron chi connectivity index (χ3n) is 4.10. The second-order valence-electron chi connectivity index (χ2n) is 5.77. The summed E-state index contributed by atoms with van der Waals surface area (Å²) in [6.07, 6.45) is 0. The van der Waals surface area contributed by atoms with Gasteiger partial charge in [-0.1, -0.05) is 18.2 Å². The van der Waals surface area contributed by atoms with E-state index < -0.39 is 5.97 Å². The normalized spacial score (nSPS) is 14.5. The summed E-state index contributed by atoms with van der Waals surface area (Å²) in [4.78, 5) is 31.2. The second kappa shape index (κ2) is 7.21. The molecule has 1 saturated heterocycles. The van der Waals surface area contributed by atoms with E-state index in [0.29, 0.717) is 25.5 Å². The van der Waals surface area contributed by atoms with E-state index in [-0.39, 0.29) is 18.1 Å². The van der Waals surface area contributed by atoms with Gasteiger partial charge in [0.1, 0.15) is 11.6 Å². The number of nitrogens with zero attached hydrogens (tertiary/aromatic N) is 3. The zero-order valence-electron chi connectivity index (χ0n) is 13.9. The quantitative estimate of drug-likeness (QED) is 0.890. The SMILES string of the molecule is COc1cccc(CN2CCN(c3cccc(C(=O)O)n3)CC2=O)c1. The fraction of sp³-hybridized carbons (Fsp3) is 0.278. The molecule has 1 aliphatic heterocycles. The number of carbonyl (C=O) groups excluding carboxylic acids is 1. The zero-order valence-corrected chi connectivity index (χ0v) is 13.9. The number of pyridine rings is 1. The molecule has 0 unspecified atom stereocenters. The van der Waals surface area contributed by atoms with E-state index in [1.165, 1.54) is 6.07 Å². The van der Waals surface area contributed by atoms with Gasteiger partial charge in [-0.2, -0.15) is 0 Å². The molecule has 0 bridgehead atoms. The molecule has 1 aromatic carbocycles. The van der Waals surface area contributed by atoms with Gasteiger partial charge in [0.15, 0.2) is 5.69 Å². The molecule has 0 aliphatic carbocycles. The third-order valence-corrected chi connectivity index (χ3v) is 4.10. The first kappa shape index (κ1) is 16.8. The van der Waals surface area contributed by atoms with Crippen LogP contribution in [0.2, 0.25) is 0 Å². The smallest absolute Gasteiger partial charge is 0.354 e. The van der Waals surface area contributed by atoms with Gasteiger partial charge >= 0.3 is 5.97 Å². The number of amides is 1. The highest BCUT2D eigenvalue weighted by Gasteiger charge is 2.25. The van der Waals surface area contributed by atoms with Crippen LogP contribution in [0.4, 0.5) is 5.82 Å². The van der Waals surface area contributed by atoms with Gasteiger partial charge in [-0.05, 0) is 29.8 Å². The minimum Gasteiger partial charge on any atom is -0.497 e. The van der Waals surface area contributed by atoms with E-state index in [2.05, 4.69) is 4.98 Å². The molecule has 0 atom stereocenters. The Morgan fingerprint density at radius 3 is 2.76 bits per heavy atom. The van der Waals surface area contributed by atoms with Crippen LogP contribution in [0.1, 0.15) is 16.1 Å². The summed E-state index contributed by atoms with van der Waals surface area (Å²) >= 11 is 0. The van der Waals surface area contributed by atoms with Crippen LogP contribution in [0, 0.1) is 0 Å². The van der Waals surface area contributed by atoms with Crippen molar-refractivity contribution >= 4 is 17.7 Å². The van der Waals surface area contributed by atoms with Gasteiger partial charge in [0.2, 0.25) is 5.91 Å². The van der Waals surface area contributed by atoms with Crippen LogP contribution in [0.5, 0.6) is 5.75 Å². The number of hydrogen-bond donors (Lipinski definition) is 1. The Bertz CT molecular complexity index is 793. The lowest BCUT2D eigenvalue weighted by molar-refractivity contribution is -0.131. The minimum absolute atomic E-state index is 0.0170. The molecule has 0 spiro atoms. The molecule has 130 valence electrons. The maximum atomic E-state index is 12.5. The highest BCUT2D eigenvalue weighted by molar-refractivity contribution is 5.86. The average Bonchev–Trinajstić information content (AvgIpc) is 2.63. The molecule has 1 aliphatic rings. The Morgan fingerprint density at radius 1 is 1.24 bits per heavy atom. The van der Waals surface area contributed by atoms with Crippen LogP contribution >= 0.6 is 0 Å². The monoisotopic (exact) mass is 341 g/mol. The van der Waals surface area contributed by atoms with Crippen LogP contribution in [0.3, 0.4) is 0 Å². The number of rotatable bonds is 5. The molecule has 0 saturated carbocycles. The van der Waals surface area contributed by atoms with E-state index in [1.807, 2.05) is 24.3 Å². The summed E-state index contributed by atoms with van der Waals surface area (Å²) in [7, 11) is 1.61. The van der Waals surface area contributed by atoms with Gasteiger partial charge in [0.05, 0.1) is 13.7 Å². The molecule has 1 fully saturated rings. The van der Waals surface area contributed by atoms with Crippen molar-refractivity contribution in [3.05, 3.63) is 53.7 Å². The highest BCUT2D eigenvalue weighted by Crippen LogP contribution is 2.18. The number of aromatic nitrogens is 1. The Morgan fingerprint density at radius 2 is 2.04 bits per heavy atom. The van der Waals surface area contributed by atoms with Crippen molar-refractivity contribution in [1.29, 1.82) is 0 Å². The molecule has 0 radical (unpaired) electrons. The fourth-order valence-corrected chi connectivity index (χ4v) is 2.78. The lowest BCUT2D eigenvalue weighted by atomic mass is 10.2. The number of hydrogen-bond acceptors (Lipinski definition) is 5. The number of aromatic carboxylic acids is 1. The summed E-state index contributed by atoms with van der Waals surface area (Å²) in [6.45, 7) is 1.85. The van der Waals surface area contributed by atoms with E-state index in [4.69, 9.17) is 9.84 Å². The highest BCUT2D eigenvalue weighted by atomic mass is 16.5. The van der Waals surface area contributed by atoms with Crippen molar-refractivity contribution in [3.8, 4) is 5.75 Å². The van der Waals surface area contributed by atoms with E-state index >= 15 is 0 Å². The molecule has 1 N–H and O–H groups in total. The number of anilines is 1. The molecule has 1 aromatic heterocycles. The number of benzene rings is 1. The lowest BCUT2D eigenvalue weighted by Gasteiger charge is -2.35. The van der Waals surface area contributed by atoms with Crippen molar-refractivity contribution in [3.63, 3.8) is 0 Å². The van der Waals surface area contributed by atoms with Crippen molar-refractivity contribution in [2.75, 3.05) is 31.6 Å². The number of ether oxygens (including phenoxy) is 1. The summed E-state index contributed by atoms with van der Waals surface area (Å²) in [6, 6.07) is 12.4. The maximum Gasteiger partial charge on any atom is 0.354 e. The van der Waals surface area contributed by atoms with Crippen molar-refractivity contribution in [2.24, 2.45) is 0 Å². The second-order valence-corrected chi connectivity index (χ2v) is 5.77. The fourth-order valence-electron chi connectivity index (χ4n) is 2.78.